The average Bonchev–Trinajstić information content (AvgIpc) is 2.72. The topological polar surface area (TPSA) is 104 Å². The van der Waals surface area contributed by atoms with E-state index in [9.17, 15) is 20.1 Å². The Morgan fingerprint density at radius 2 is 1.17 bits per heavy atom. The van der Waals surface area contributed by atoms with Gasteiger partial charge in [-0.25, -0.2) is 0 Å². The maximum Gasteiger partial charge on any atom is 0.169 e. The molecule has 0 aromatic carbocycles. The number of aliphatic hydroxyl groups is 3. The Kier molecular flexibility index (Phi) is 20.4. The van der Waals surface area contributed by atoms with Gasteiger partial charge in [-0.2, -0.15) is 0 Å². The zero-order valence-electron chi connectivity index (χ0n) is 19.0. The van der Waals surface area contributed by atoms with Crippen LogP contribution in [-0.4, -0.2) is 46.5 Å². The number of ketones is 1. The summed E-state index contributed by atoms with van der Waals surface area (Å²) in [5, 5.41) is 29.6. The lowest BCUT2D eigenvalue weighted by Crippen LogP contribution is -2.38. The van der Waals surface area contributed by atoms with E-state index in [2.05, 4.69) is 0 Å². The van der Waals surface area contributed by atoms with Crippen LogP contribution in [0.1, 0.15) is 116 Å². The lowest BCUT2D eigenvalue weighted by molar-refractivity contribution is -0.137. The summed E-state index contributed by atoms with van der Waals surface area (Å²) >= 11 is 0. The highest BCUT2D eigenvalue weighted by Crippen LogP contribution is 2.18. The Morgan fingerprint density at radius 3 is 1.59 bits per heavy atom. The van der Waals surface area contributed by atoms with Crippen LogP contribution in [0.2, 0.25) is 0 Å². The fraction of sp³-hybridized carbons (Fsp3) is 0.958. The first-order valence-electron chi connectivity index (χ1n) is 12.3. The zero-order chi connectivity index (χ0) is 21.7. The third-order valence-corrected chi connectivity index (χ3v) is 5.89. The first-order chi connectivity index (χ1) is 14.1. The summed E-state index contributed by atoms with van der Waals surface area (Å²) in [5.41, 5.74) is 5.49. The van der Waals surface area contributed by atoms with Gasteiger partial charge < -0.3 is 21.1 Å². The SMILES string of the molecule is CCCC[C@H](O)C(=O)C(CO)[C@H](O)CCCCCCCCCCCCCCCN. The van der Waals surface area contributed by atoms with Crippen molar-refractivity contribution >= 4 is 5.78 Å². The van der Waals surface area contributed by atoms with Crippen molar-refractivity contribution in [1.82, 2.24) is 0 Å². The predicted octanol–water partition coefficient (Wildman–Crippen LogP) is 4.50. The van der Waals surface area contributed by atoms with Crippen LogP contribution >= 0.6 is 0 Å². The third kappa shape index (κ3) is 15.9. The Hall–Kier alpha value is -0.490. The molecule has 0 aliphatic carbocycles. The summed E-state index contributed by atoms with van der Waals surface area (Å²) in [6, 6.07) is 0. The smallest absolute Gasteiger partial charge is 0.169 e. The van der Waals surface area contributed by atoms with E-state index in [1.807, 2.05) is 6.92 Å². The fourth-order valence-electron chi connectivity index (χ4n) is 3.83. The number of aliphatic hydroxyl groups excluding tert-OH is 3. The minimum absolute atomic E-state index is 0.393. The molecule has 0 aliphatic heterocycles. The highest BCUT2D eigenvalue weighted by molar-refractivity contribution is 5.85. The number of Topliss-reactive ketones (excluding diaryl/α,β-unsaturated/α-hetero) is 1. The second-order valence-corrected chi connectivity index (χ2v) is 8.59. The number of unbranched alkanes of at least 4 members (excludes halogenated alkanes) is 13. The van der Waals surface area contributed by atoms with Crippen molar-refractivity contribution < 1.29 is 20.1 Å². The molecule has 5 N–H and O–H groups in total. The van der Waals surface area contributed by atoms with Crippen LogP contribution in [0.15, 0.2) is 0 Å². The van der Waals surface area contributed by atoms with E-state index in [1.54, 1.807) is 0 Å². The van der Waals surface area contributed by atoms with Crippen molar-refractivity contribution in [2.45, 2.75) is 128 Å². The summed E-state index contributed by atoms with van der Waals surface area (Å²) in [6.45, 7) is 2.43. The maximum atomic E-state index is 12.2. The summed E-state index contributed by atoms with van der Waals surface area (Å²) in [7, 11) is 0. The van der Waals surface area contributed by atoms with Gasteiger partial charge in [-0.15, -0.1) is 0 Å². The van der Waals surface area contributed by atoms with Crippen molar-refractivity contribution in [1.29, 1.82) is 0 Å². The van der Waals surface area contributed by atoms with Gasteiger partial charge in [-0.05, 0) is 25.8 Å². The van der Waals surface area contributed by atoms with Gasteiger partial charge in [0.05, 0.1) is 18.6 Å². The van der Waals surface area contributed by atoms with E-state index in [0.717, 1.165) is 45.1 Å². The zero-order valence-corrected chi connectivity index (χ0v) is 19.0. The molecule has 1 unspecified atom stereocenters. The molecule has 5 nitrogen and oxygen atoms in total. The predicted molar refractivity (Wildman–Crippen MR) is 121 cm³/mol. The third-order valence-electron chi connectivity index (χ3n) is 5.89. The molecule has 0 aliphatic rings. The summed E-state index contributed by atoms with van der Waals surface area (Å²) in [5.74, 6) is -1.26. The van der Waals surface area contributed by atoms with E-state index in [0.29, 0.717) is 12.8 Å². The van der Waals surface area contributed by atoms with Gasteiger partial charge in [0.2, 0.25) is 0 Å². The molecule has 5 heteroatoms. The standard InChI is InChI=1S/C24H49NO4/c1-2-3-17-23(28)24(29)21(20-26)22(27)18-15-13-11-9-7-5-4-6-8-10-12-14-16-19-25/h21-23,26-28H,2-20,25H2,1H3/t21?,22-,23+/m1/s1. The van der Waals surface area contributed by atoms with Crippen molar-refractivity contribution in [2.24, 2.45) is 11.7 Å². The number of hydrogen-bond donors (Lipinski definition) is 4. The van der Waals surface area contributed by atoms with E-state index < -0.39 is 30.5 Å². The average molecular weight is 416 g/mol. The second kappa shape index (κ2) is 20.8. The lowest BCUT2D eigenvalue weighted by atomic mass is 9.89. The van der Waals surface area contributed by atoms with Gasteiger partial charge >= 0.3 is 0 Å². The first-order valence-corrected chi connectivity index (χ1v) is 12.3. The molecule has 0 aromatic rings. The number of rotatable bonds is 22. The largest absolute Gasteiger partial charge is 0.396 e. The van der Waals surface area contributed by atoms with Crippen molar-refractivity contribution in [3.8, 4) is 0 Å². The Balaban J connectivity index is 3.62. The molecule has 0 heterocycles. The van der Waals surface area contributed by atoms with E-state index in [4.69, 9.17) is 5.73 Å². The van der Waals surface area contributed by atoms with Crippen LogP contribution in [0, 0.1) is 5.92 Å². The summed E-state index contributed by atoms with van der Waals surface area (Å²) in [6.07, 6.45) is 16.7. The normalized spacial score (nSPS) is 14.7. The van der Waals surface area contributed by atoms with Gasteiger partial charge in [0, 0.05) is 0 Å². The number of carbonyl (C=O) groups is 1. The highest BCUT2D eigenvalue weighted by atomic mass is 16.3. The highest BCUT2D eigenvalue weighted by Gasteiger charge is 2.30. The number of carbonyl (C=O) groups excluding carboxylic acids is 1. The molecule has 0 aromatic heterocycles. The van der Waals surface area contributed by atoms with Gasteiger partial charge in [-0.3, -0.25) is 4.79 Å². The van der Waals surface area contributed by atoms with Crippen molar-refractivity contribution in [3.63, 3.8) is 0 Å². The molecule has 0 rings (SSSR count). The van der Waals surface area contributed by atoms with Crippen LogP contribution in [-0.2, 0) is 4.79 Å². The van der Waals surface area contributed by atoms with Crippen LogP contribution < -0.4 is 5.73 Å². The maximum absolute atomic E-state index is 12.2. The molecule has 0 saturated heterocycles. The minimum Gasteiger partial charge on any atom is -0.396 e. The molecule has 0 radical (unpaired) electrons. The van der Waals surface area contributed by atoms with Crippen molar-refractivity contribution in [2.75, 3.05) is 13.2 Å². The number of nitrogens with two attached hydrogens (primary N) is 1. The molecule has 0 spiro atoms. The van der Waals surface area contributed by atoms with E-state index >= 15 is 0 Å². The molecule has 0 amide bonds. The quantitative estimate of drug-likeness (QED) is 0.195. The second-order valence-electron chi connectivity index (χ2n) is 8.59. The van der Waals surface area contributed by atoms with Crippen LogP contribution in [0.3, 0.4) is 0 Å². The van der Waals surface area contributed by atoms with E-state index in [-0.39, 0.29) is 0 Å². The first kappa shape index (κ1) is 28.5. The van der Waals surface area contributed by atoms with Crippen LogP contribution in [0.5, 0.6) is 0 Å². The Labute approximate surface area is 179 Å². The minimum atomic E-state index is -1.06. The molecule has 0 saturated carbocycles. The Bertz CT molecular complexity index is 365. The van der Waals surface area contributed by atoms with Gasteiger partial charge in [0.15, 0.2) is 5.78 Å². The number of hydrogen-bond acceptors (Lipinski definition) is 5. The van der Waals surface area contributed by atoms with Crippen LogP contribution in [0.25, 0.3) is 0 Å². The summed E-state index contributed by atoms with van der Waals surface area (Å²) in [4.78, 5) is 12.2. The fourth-order valence-corrected chi connectivity index (χ4v) is 3.83. The lowest BCUT2D eigenvalue weighted by Gasteiger charge is -2.22. The molecule has 3 atom stereocenters. The summed E-state index contributed by atoms with van der Waals surface area (Å²) < 4.78 is 0. The van der Waals surface area contributed by atoms with Gasteiger partial charge in [0.1, 0.15) is 6.10 Å². The monoisotopic (exact) mass is 415 g/mol. The molecule has 174 valence electrons. The molecular weight excluding hydrogens is 366 g/mol. The molecule has 0 bridgehead atoms. The van der Waals surface area contributed by atoms with Gasteiger partial charge in [0.25, 0.3) is 0 Å². The Morgan fingerprint density at radius 1 is 0.724 bits per heavy atom. The van der Waals surface area contributed by atoms with Crippen molar-refractivity contribution in [3.05, 3.63) is 0 Å². The molecule has 29 heavy (non-hydrogen) atoms. The van der Waals surface area contributed by atoms with E-state index in [1.165, 1.54) is 57.8 Å². The molecule has 0 fully saturated rings. The van der Waals surface area contributed by atoms with Crippen LogP contribution in [0.4, 0.5) is 0 Å². The van der Waals surface area contributed by atoms with Gasteiger partial charge in [-0.1, -0.05) is 96.8 Å². The molecular formula is C24H49NO4.